The fourth-order valence-electron chi connectivity index (χ4n) is 7.27. The number of carbonyl (C=O) groups is 1. The lowest BCUT2D eigenvalue weighted by Crippen LogP contribution is -2.53. The number of rotatable bonds is 10. The van der Waals surface area contributed by atoms with Crippen molar-refractivity contribution in [2.24, 2.45) is 0 Å². The van der Waals surface area contributed by atoms with Gasteiger partial charge in [0.1, 0.15) is 17.9 Å². The van der Waals surface area contributed by atoms with Crippen molar-refractivity contribution in [3.63, 3.8) is 0 Å². The molecule has 2 aromatic carbocycles. The second-order valence-corrected chi connectivity index (χ2v) is 12.9. The number of methoxy groups -OCH3 is 1. The largest absolute Gasteiger partial charge is 0.494 e. The van der Waals surface area contributed by atoms with Gasteiger partial charge in [0.25, 0.3) is 0 Å². The minimum Gasteiger partial charge on any atom is -0.494 e. The number of hydrogen-bond donors (Lipinski definition) is 2. The van der Waals surface area contributed by atoms with Crippen LogP contribution in [0.5, 0.6) is 5.75 Å². The Kier molecular flexibility index (Phi) is 9.47. The van der Waals surface area contributed by atoms with E-state index in [0.29, 0.717) is 41.4 Å². The SMILES string of the molecule is C#Cc1cccc(C2CCON2c2cc(Nc3cc(NC(=O)C=C)c(N4CCC(N5CCN(C6CC6)CC5)CC4)cc3OC)ncn2)c1. The predicted molar refractivity (Wildman–Crippen MR) is 189 cm³/mol. The van der Waals surface area contributed by atoms with Crippen LogP contribution in [-0.4, -0.2) is 90.7 Å². The van der Waals surface area contributed by atoms with E-state index in [1.54, 1.807) is 7.11 Å². The molecule has 11 nitrogen and oxygen atoms in total. The second kappa shape index (κ2) is 14.2. The van der Waals surface area contributed by atoms with Crippen LogP contribution in [0.4, 0.5) is 28.7 Å². The smallest absolute Gasteiger partial charge is 0.247 e. The van der Waals surface area contributed by atoms with Gasteiger partial charge in [0, 0.05) is 75.5 Å². The highest BCUT2D eigenvalue weighted by Crippen LogP contribution is 2.41. The van der Waals surface area contributed by atoms with Gasteiger partial charge in [-0.25, -0.2) is 15.0 Å². The van der Waals surface area contributed by atoms with Crippen LogP contribution in [-0.2, 0) is 9.63 Å². The second-order valence-electron chi connectivity index (χ2n) is 12.9. The van der Waals surface area contributed by atoms with E-state index < -0.39 is 0 Å². The summed E-state index contributed by atoms with van der Waals surface area (Å²) < 4.78 is 5.88. The van der Waals surface area contributed by atoms with Gasteiger partial charge >= 0.3 is 0 Å². The molecule has 250 valence electrons. The third kappa shape index (κ3) is 6.97. The standard InChI is InChI=1S/C37H44N8O3/c1-4-26-7-6-8-27(21-26)32-13-20-48-45(32)36-24-35(38-25-39-36)40-31-22-30(41-37(46)5-2)33(23-34(31)47-3)44-14-11-29(12-15-44)43-18-16-42(17-19-43)28-9-10-28/h1,5-8,21-25,28-29,32H,2,9-20H2,3H3,(H,41,46)(H,38,39,40). The van der Waals surface area contributed by atoms with E-state index in [9.17, 15) is 4.79 Å². The van der Waals surface area contributed by atoms with Crippen molar-refractivity contribution in [1.29, 1.82) is 0 Å². The van der Waals surface area contributed by atoms with E-state index in [1.165, 1.54) is 38.3 Å². The number of aromatic nitrogens is 2. The van der Waals surface area contributed by atoms with Gasteiger partial charge in [0.15, 0.2) is 5.82 Å². The van der Waals surface area contributed by atoms with Crippen LogP contribution in [0.15, 0.2) is 61.4 Å². The first-order valence-corrected chi connectivity index (χ1v) is 17.0. The summed E-state index contributed by atoms with van der Waals surface area (Å²) in [4.78, 5) is 35.3. The Balaban J connectivity index is 1.08. The molecule has 7 rings (SSSR count). The molecule has 1 unspecified atom stereocenters. The number of hydroxylamine groups is 1. The van der Waals surface area contributed by atoms with Crippen molar-refractivity contribution in [3.8, 4) is 18.1 Å². The molecule has 11 heteroatoms. The lowest BCUT2D eigenvalue weighted by molar-refractivity contribution is -0.111. The Morgan fingerprint density at radius 2 is 1.73 bits per heavy atom. The molecular weight excluding hydrogens is 604 g/mol. The van der Waals surface area contributed by atoms with Crippen molar-refractivity contribution in [1.82, 2.24) is 19.8 Å². The maximum atomic E-state index is 12.6. The summed E-state index contributed by atoms with van der Waals surface area (Å²) in [5, 5.41) is 8.25. The highest BCUT2D eigenvalue weighted by Gasteiger charge is 2.34. The number of benzene rings is 2. The summed E-state index contributed by atoms with van der Waals surface area (Å²) in [6, 6.07) is 15.1. The molecule has 1 atom stereocenters. The lowest BCUT2D eigenvalue weighted by atomic mass is 10.0. The molecule has 48 heavy (non-hydrogen) atoms. The molecule has 4 fully saturated rings. The van der Waals surface area contributed by atoms with Gasteiger partial charge in [-0.15, -0.1) is 6.42 Å². The van der Waals surface area contributed by atoms with Crippen LogP contribution in [0, 0.1) is 12.3 Å². The number of piperidine rings is 1. The lowest BCUT2D eigenvalue weighted by Gasteiger charge is -2.43. The minimum atomic E-state index is -0.272. The van der Waals surface area contributed by atoms with Gasteiger partial charge in [0.2, 0.25) is 5.91 Å². The van der Waals surface area contributed by atoms with Crippen LogP contribution in [0.25, 0.3) is 0 Å². The van der Waals surface area contributed by atoms with Gasteiger partial charge in [0.05, 0.1) is 36.8 Å². The van der Waals surface area contributed by atoms with Crippen LogP contribution in [0.1, 0.15) is 49.3 Å². The van der Waals surface area contributed by atoms with Crippen molar-refractivity contribution in [3.05, 3.63) is 72.6 Å². The number of ether oxygens (including phenoxy) is 1. The van der Waals surface area contributed by atoms with Gasteiger partial charge in [-0.3, -0.25) is 19.4 Å². The van der Waals surface area contributed by atoms with Gasteiger partial charge in [-0.2, -0.15) is 0 Å². The monoisotopic (exact) mass is 648 g/mol. The van der Waals surface area contributed by atoms with E-state index >= 15 is 0 Å². The van der Waals surface area contributed by atoms with Crippen LogP contribution >= 0.6 is 0 Å². The first kappa shape index (κ1) is 31.9. The Labute approximate surface area is 282 Å². The zero-order valence-corrected chi connectivity index (χ0v) is 27.6. The van der Waals surface area contributed by atoms with E-state index in [2.05, 4.69) is 53.9 Å². The van der Waals surface area contributed by atoms with Crippen LogP contribution in [0.2, 0.25) is 0 Å². The average molecular weight is 649 g/mol. The number of nitrogens with zero attached hydrogens (tertiary/aromatic N) is 6. The molecule has 0 spiro atoms. The van der Waals surface area contributed by atoms with Crippen LogP contribution < -0.4 is 25.3 Å². The predicted octanol–water partition coefficient (Wildman–Crippen LogP) is 4.97. The van der Waals surface area contributed by atoms with Crippen molar-refractivity contribution in [2.45, 2.75) is 50.2 Å². The third-order valence-electron chi connectivity index (χ3n) is 9.98. The third-order valence-corrected chi connectivity index (χ3v) is 9.98. The molecule has 3 saturated heterocycles. The zero-order valence-electron chi connectivity index (χ0n) is 27.6. The summed E-state index contributed by atoms with van der Waals surface area (Å²) in [7, 11) is 1.65. The molecule has 0 bridgehead atoms. The van der Waals surface area contributed by atoms with E-state index in [-0.39, 0.29) is 11.9 Å². The van der Waals surface area contributed by atoms with Crippen LogP contribution in [0.3, 0.4) is 0 Å². The topological polar surface area (TPSA) is 98.3 Å². The van der Waals surface area contributed by atoms with E-state index in [1.807, 2.05) is 41.5 Å². The summed E-state index contributed by atoms with van der Waals surface area (Å²) in [6.45, 7) is 10.7. The molecule has 1 saturated carbocycles. The molecule has 0 radical (unpaired) electrons. The summed E-state index contributed by atoms with van der Waals surface area (Å²) in [6.07, 6.45) is 14.2. The highest BCUT2D eigenvalue weighted by atomic mass is 16.7. The van der Waals surface area contributed by atoms with Crippen molar-refractivity contribution < 1.29 is 14.4 Å². The summed E-state index contributed by atoms with van der Waals surface area (Å²) in [5.41, 5.74) is 4.16. The molecule has 4 heterocycles. The first-order valence-electron chi connectivity index (χ1n) is 17.0. The summed E-state index contributed by atoms with van der Waals surface area (Å²) >= 11 is 0. The molecule has 1 aliphatic carbocycles. The zero-order chi connectivity index (χ0) is 33.0. The summed E-state index contributed by atoms with van der Waals surface area (Å²) in [5.74, 6) is 4.26. The Bertz CT molecular complexity index is 1670. The van der Waals surface area contributed by atoms with Crippen molar-refractivity contribution >= 4 is 34.6 Å². The maximum absolute atomic E-state index is 12.6. The highest BCUT2D eigenvalue weighted by molar-refractivity contribution is 6.02. The van der Waals surface area contributed by atoms with E-state index in [0.717, 1.165) is 68.3 Å². The Morgan fingerprint density at radius 3 is 2.42 bits per heavy atom. The number of hydrogen-bond acceptors (Lipinski definition) is 10. The van der Waals surface area contributed by atoms with Gasteiger partial charge in [-0.1, -0.05) is 24.6 Å². The fraction of sp³-hybridized carbons (Fsp3) is 0.432. The number of nitrogens with one attached hydrogen (secondary N) is 2. The molecule has 3 aliphatic heterocycles. The normalized spacial score (nSPS) is 20.7. The Morgan fingerprint density at radius 1 is 0.979 bits per heavy atom. The average Bonchev–Trinajstić information content (AvgIpc) is 3.87. The first-order chi connectivity index (χ1) is 23.5. The fourth-order valence-corrected chi connectivity index (χ4v) is 7.27. The molecule has 1 amide bonds. The minimum absolute atomic E-state index is 0.0351. The number of piperazine rings is 1. The number of carbonyl (C=O) groups excluding carboxylic acids is 1. The quantitative estimate of drug-likeness (QED) is 0.232. The van der Waals surface area contributed by atoms with E-state index in [4.69, 9.17) is 16.0 Å². The van der Waals surface area contributed by atoms with Gasteiger partial charge < -0.3 is 20.3 Å². The molecule has 1 aromatic heterocycles. The molecule has 3 aromatic rings. The number of amides is 1. The molecular formula is C37H44N8O3. The Hall–Kier alpha value is -4.63. The number of anilines is 5. The van der Waals surface area contributed by atoms with Crippen molar-refractivity contribution in [2.75, 3.05) is 73.6 Å². The molecule has 4 aliphatic rings. The number of terminal acetylenes is 1. The van der Waals surface area contributed by atoms with Gasteiger partial charge in [-0.05, 0) is 55.5 Å². The maximum Gasteiger partial charge on any atom is 0.247 e. The molecule has 2 N–H and O–H groups in total.